The van der Waals surface area contributed by atoms with E-state index in [1.54, 1.807) is 0 Å². The molecular formula is C12H8N4O6S. The summed E-state index contributed by atoms with van der Waals surface area (Å²) < 4.78 is 0. The highest BCUT2D eigenvalue weighted by Crippen LogP contribution is 2.42. The molecule has 2 N–H and O–H groups in total. The van der Waals surface area contributed by atoms with Crippen molar-refractivity contribution in [2.24, 2.45) is 0 Å². The minimum atomic E-state index is -0.934. The van der Waals surface area contributed by atoms with E-state index in [1.165, 1.54) is 18.2 Å². The molecular weight excluding hydrogens is 328 g/mol. The van der Waals surface area contributed by atoms with Gasteiger partial charge in [0.1, 0.15) is 5.56 Å². The van der Waals surface area contributed by atoms with Gasteiger partial charge in [0.25, 0.3) is 17.1 Å². The van der Waals surface area contributed by atoms with Crippen LogP contribution in [0.2, 0.25) is 0 Å². The van der Waals surface area contributed by atoms with E-state index in [0.717, 1.165) is 0 Å². The zero-order valence-corrected chi connectivity index (χ0v) is 12.1. The zero-order valence-electron chi connectivity index (χ0n) is 11.2. The van der Waals surface area contributed by atoms with Crippen molar-refractivity contribution < 1.29 is 14.8 Å². The van der Waals surface area contributed by atoms with Crippen LogP contribution in [0, 0.1) is 30.3 Å². The van der Waals surface area contributed by atoms with Crippen LogP contribution < -0.4 is 5.73 Å². The first kappa shape index (κ1) is 16.2. The Labute approximate surface area is 133 Å². The van der Waals surface area contributed by atoms with Gasteiger partial charge in [0, 0.05) is 10.6 Å². The number of nitrogens with zero attached hydrogens (tertiary/aromatic N) is 3. The quantitative estimate of drug-likeness (QED) is 0.376. The molecule has 0 aromatic heterocycles. The minimum Gasteiger partial charge on any atom is -0.398 e. The van der Waals surface area contributed by atoms with Gasteiger partial charge >= 0.3 is 0 Å². The van der Waals surface area contributed by atoms with E-state index in [4.69, 9.17) is 5.73 Å². The molecule has 0 radical (unpaired) electrons. The van der Waals surface area contributed by atoms with Gasteiger partial charge in [-0.15, -0.1) is 12.6 Å². The minimum absolute atomic E-state index is 0.109. The maximum Gasteiger partial charge on any atom is 0.291 e. The van der Waals surface area contributed by atoms with Crippen molar-refractivity contribution in [3.63, 3.8) is 0 Å². The third kappa shape index (κ3) is 3.03. The molecule has 0 atom stereocenters. The smallest absolute Gasteiger partial charge is 0.291 e. The summed E-state index contributed by atoms with van der Waals surface area (Å²) in [6.07, 6.45) is 0. The van der Waals surface area contributed by atoms with Crippen molar-refractivity contribution in [2.75, 3.05) is 5.73 Å². The second-order valence-corrected chi connectivity index (χ2v) is 4.89. The number of nitrogen functional groups attached to an aromatic ring is 1. The lowest BCUT2D eigenvalue weighted by Crippen LogP contribution is -2.01. The van der Waals surface area contributed by atoms with Crippen molar-refractivity contribution in [3.05, 3.63) is 60.7 Å². The molecule has 2 aromatic carbocycles. The first-order chi connectivity index (χ1) is 10.7. The molecule has 23 heavy (non-hydrogen) atoms. The van der Waals surface area contributed by atoms with Crippen molar-refractivity contribution >= 4 is 35.4 Å². The number of anilines is 1. The van der Waals surface area contributed by atoms with Gasteiger partial charge in [-0.1, -0.05) is 6.07 Å². The van der Waals surface area contributed by atoms with Crippen molar-refractivity contribution in [1.82, 2.24) is 0 Å². The fraction of sp³-hybridized carbons (Fsp3) is 0. The average Bonchev–Trinajstić information content (AvgIpc) is 2.48. The molecule has 0 heterocycles. The number of non-ortho nitro benzene ring substituents is 1. The predicted molar refractivity (Wildman–Crippen MR) is 83.5 cm³/mol. The van der Waals surface area contributed by atoms with Gasteiger partial charge in [-0.05, 0) is 17.7 Å². The van der Waals surface area contributed by atoms with Gasteiger partial charge in [-0.2, -0.15) is 0 Å². The second kappa shape index (κ2) is 5.88. The van der Waals surface area contributed by atoms with E-state index in [2.05, 4.69) is 12.6 Å². The van der Waals surface area contributed by atoms with Crippen LogP contribution in [0.3, 0.4) is 0 Å². The van der Waals surface area contributed by atoms with Gasteiger partial charge in [0.2, 0.25) is 0 Å². The van der Waals surface area contributed by atoms with Crippen LogP contribution in [0.5, 0.6) is 0 Å². The number of nitrogens with two attached hydrogens (primary N) is 1. The zero-order chi connectivity index (χ0) is 17.3. The summed E-state index contributed by atoms with van der Waals surface area (Å²) in [7, 11) is 0. The molecule has 2 rings (SSSR count). The molecule has 0 aliphatic heterocycles. The maximum absolute atomic E-state index is 11.2. The van der Waals surface area contributed by atoms with Gasteiger partial charge in [-0.3, -0.25) is 30.3 Å². The summed E-state index contributed by atoms with van der Waals surface area (Å²) in [6.45, 7) is 0. The lowest BCUT2D eigenvalue weighted by Gasteiger charge is -2.07. The molecule has 0 saturated heterocycles. The van der Waals surface area contributed by atoms with Crippen LogP contribution >= 0.6 is 12.6 Å². The number of benzene rings is 2. The van der Waals surface area contributed by atoms with E-state index in [9.17, 15) is 30.3 Å². The van der Waals surface area contributed by atoms with Gasteiger partial charge in [0.05, 0.1) is 26.9 Å². The largest absolute Gasteiger partial charge is 0.398 e. The monoisotopic (exact) mass is 336 g/mol. The van der Waals surface area contributed by atoms with E-state index in [0.29, 0.717) is 12.1 Å². The number of nitro groups is 3. The summed E-state index contributed by atoms with van der Waals surface area (Å²) in [4.78, 5) is 30.8. The Bertz CT molecular complexity index is 818. The highest BCUT2D eigenvalue weighted by molar-refractivity contribution is 7.80. The molecule has 118 valence electrons. The molecule has 0 spiro atoms. The fourth-order valence-electron chi connectivity index (χ4n) is 1.99. The molecule has 11 heteroatoms. The molecule has 0 aliphatic rings. The maximum atomic E-state index is 11.2. The molecule has 0 aliphatic carbocycles. The third-order valence-corrected chi connectivity index (χ3v) is 3.39. The van der Waals surface area contributed by atoms with Crippen LogP contribution in [-0.2, 0) is 0 Å². The van der Waals surface area contributed by atoms with Crippen molar-refractivity contribution in [1.29, 1.82) is 0 Å². The van der Waals surface area contributed by atoms with Gasteiger partial charge < -0.3 is 5.73 Å². The Balaban J connectivity index is 2.88. The van der Waals surface area contributed by atoms with Crippen LogP contribution in [0.4, 0.5) is 22.7 Å². The van der Waals surface area contributed by atoms with Crippen LogP contribution in [0.15, 0.2) is 35.2 Å². The lowest BCUT2D eigenvalue weighted by molar-refractivity contribution is -0.402. The molecule has 0 unspecified atom stereocenters. The van der Waals surface area contributed by atoms with Crippen molar-refractivity contribution in [3.8, 4) is 11.1 Å². The number of nitro benzene ring substituents is 3. The summed E-state index contributed by atoms with van der Waals surface area (Å²) in [5.74, 6) is 0. The first-order valence-corrected chi connectivity index (χ1v) is 6.37. The SMILES string of the molecule is Nc1ccc(-c2c([N+](=O)[O-])cc([N+](=O)[O-])cc2[N+](=O)[O-])cc1S. The molecule has 2 aromatic rings. The Morgan fingerprint density at radius 1 is 0.870 bits per heavy atom. The predicted octanol–water partition coefficient (Wildman–Crippen LogP) is 2.95. The topological polar surface area (TPSA) is 155 Å². The Morgan fingerprint density at radius 2 is 1.39 bits per heavy atom. The van der Waals surface area contributed by atoms with E-state index in [-0.39, 0.29) is 21.7 Å². The third-order valence-electron chi connectivity index (χ3n) is 3.00. The van der Waals surface area contributed by atoms with E-state index < -0.39 is 31.8 Å². The standard InChI is InChI=1S/C12H8N4O6S/c13-8-2-1-6(3-11(8)23)12-9(15(19)20)4-7(14(17)18)5-10(12)16(21)22/h1-5,23H,13H2. The highest BCUT2D eigenvalue weighted by Gasteiger charge is 2.31. The van der Waals surface area contributed by atoms with Crippen molar-refractivity contribution in [2.45, 2.75) is 4.90 Å². The first-order valence-electron chi connectivity index (χ1n) is 5.92. The normalized spacial score (nSPS) is 10.3. The van der Waals surface area contributed by atoms with Gasteiger partial charge in [0.15, 0.2) is 0 Å². The van der Waals surface area contributed by atoms with E-state index >= 15 is 0 Å². The van der Waals surface area contributed by atoms with Crippen LogP contribution in [0.1, 0.15) is 0 Å². The fourth-order valence-corrected chi connectivity index (χ4v) is 2.20. The Kier molecular flexibility index (Phi) is 4.14. The molecule has 0 bridgehead atoms. The van der Waals surface area contributed by atoms with Gasteiger partial charge in [-0.25, -0.2) is 0 Å². The lowest BCUT2D eigenvalue weighted by atomic mass is 10.0. The molecule has 0 amide bonds. The number of thiol groups is 1. The second-order valence-electron chi connectivity index (χ2n) is 4.40. The summed E-state index contributed by atoms with van der Waals surface area (Å²) in [6, 6.07) is 5.40. The molecule has 0 saturated carbocycles. The van der Waals surface area contributed by atoms with Crippen LogP contribution in [-0.4, -0.2) is 14.8 Å². The number of hydrogen-bond acceptors (Lipinski definition) is 8. The summed E-state index contributed by atoms with van der Waals surface area (Å²) >= 11 is 4.07. The number of hydrogen-bond donors (Lipinski definition) is 2. The molecule has 10 nitrogen and oxygen atoms in total. The Morgan fingerprint density at radius 3 is 1.78 bits per heavy atom. The highest BCUT2D eigenvalue weighted by atomic mass is 32.1. The van der Waals surface area contributed by atoms with Crippen LogP contribution in [0.25, 0.3) is 11.1 Å². The molecule has 0 fully saturated rings. The summed E-state index contributed by atoms with van der Waals surface area (Å²) in [5.41, 5.74) is 3.40. The number of rotatable bonds is 4. The summed E-state index contributed by atoms with van der Waals surface area (Å²) in [5, 5.41) is 33.3. The Hall–Kier alpha value is -3.21. The van der Waals surface area contributed by atoms with E-state index in [1.807, 2.05) is 0 Å². The average molecular weight is 336 g/mol.